The number of amides is 2. The maximum absolute atomic E-state index is 12.1. The van der Waals surface area contributed by atoms with Gasteiger partial charge in [-0.3, -0.25) is 15.0 Å². The van der Waals surface area contributed by atoms with Crippen LogP contribution in [0, 0.1) is 0 Å². The van der Waals surface area contributed by atoms with Gasteiger partial charge in [-0.2, -0.15) is 5.10 Å². The molecular formula is C12H11N5O3. The van der Waals surface area contributed by atoms with E-state index in [1.165, 1.54) is 12.4 Å². The number of carboxylic acid groups (broad SMARTS) is 1. The second-order valence-electron chi connectivity index (χ2n) is 3.71. The molecule has 102 valence electrons. The van der Waals surface area contributed by atoms with Crippen molar-refractivity contribution in [1.82, 2.24) is 15.2 Å². The number of anilines is 2. The number of hydrogen-bond acceptors (Lipinski definition) is 5. The predicted molar refractivity (Wildman–Crippen MR) is 70.3 cm³/mol. The van der Waals surface area contributed by atoms with Crippen molar-refractivity contribution in [2.75, 3.05) is 16.8 Å². The van der Waals surface area contributed by atoms with Crippen LogP contribution in [-0.2, 0) is 4.79 Å². The molecule has 0 fully saturated rings. The van der Waals surface area contributed by atoms with Crippen molar-refractivity contribution < 1.29 is 14.7 Å². The van der Waals surface area contributed by atoms with Gasteiger partial charge in [-0.15, -0.1) is 5.10 Å². The predicted octanol–water partition coefficient (Wildman–Crippen LogP) is 0.995. The van der Waals surface area contributed by atoms with Crippen molar-refractivity contribution in [3.8, 4) is 0 Å². The first-order chi connectivity index (χ1) is 9.66. The highest BCUT2D eigenvalue weighted by Crippen LogP contribution is 2.14. The van der Waals surface area contributed by atoms with Crippen LogP contribution < -0.4 is 10.2 Å². The van der Waals surface area contributed by atoms with E-state index in [2.05, 4.69) is 20.5 Å². The topological polar surface area (TPSA) is 108 Å². The second kappa shape index (κ2) is 6.23. The Hall–Kier alpha value is -3.03. The van der Waals surface area contributed by atoms with Gasteiger partial charge in [0.2, 0.25) is 0 Å². The molecule has 0 aliphatic carbocycles. The summed E-state index contributed by atoms with van der Waals surface area (Å²) in [5, 5.41) is 18.5. The number of aromatic nitrogens is 3. The number of carbonyl (C=O) groups excluding carboxylic acids is 1. The zero-order valence-corrected chi connectivity index (χ0v) is 10.3. The van der Waals surface area contributed by atoms with Gasteiger partial charge >= 0.3 is 12.0 Å². The van der Waals surface area contributed by atoms with Crippen LogP contribution in [0.2, 0.25) is 0 Å². The summed E-state index contributed by atoms with van der Waals surface area (Å²) >= 11 is 0. The molecule has 1 heterocycles. The summed E-state index contributed by atoms with van der Waals surface area (Å²) in [5.74, 6) is -1.13. The molecule has 8 heteroatoms. The van der Waals surface area contributed by atoms with Crippen molar-refractivity contribution in [3.05, 3.63) is 42.7 Å². The lowest BCUT2D eigenvalue weighted by Crippen LogP contribution is -2.39. The van der Waals surface area contributed by atoms with Crippen LogP contribution >= 0.6 is 0 Å². The van der Waals surface area contributed by atoms with Crippen LogP contribution in [0.1, 0.15) is 0 Å². The molecule has 8 nitrogen and oxygen atoms in total. The van der Waals surface area contributed by atoms with E-state index in [9.17, 15) is 9.59 Å². The average Bonchev–Trinajstić information content (AvgIpc) is 2.46. The van der Waals surface area contributed by atoms with Crippen LogP contribution in [0.4, 0.5) is 16.4 Å². The Labute approximate surface area is 114 Å². The molecule has 0 aliphatic heterocycles. The molecule has 2 N–H and O–H groups in total. The average molecular weight is 273 g/mol. The molecule has 1 aromatic carbocycles. The number of benzene rings is 1. The first kappa shape index (κ1) is 13.4. The van der Waals surface area contributed by atoms with Crippen molar-refractivity contribution >= 4 is 23.6 Å². The third-order valence-electron chi connectivity index (χ3n) is 2.31. The lowest BCUT2D eigenvalue weighted by molar-refractivity contribution is -0.135. The van der Waals surface area contributed by atoms with E-state index in [1.54, 1.807) is 30.3 Å². The third-order valence-corrected chi connectivity index (χ3v) is 2.31. The molecule has 0 saturated carbocycles. The molecule has 0 radical (unpaired) electrons. The van der Waals surface area contributed by atoms with E-state index >= 15 is 0 Å². The number of para-hydroxylation sites is 1. The van der Waals surface area contributed by atoms with Crippen molar-refractivity contribution in [3.63, 3.8) is 0 Å². The second-order valence-corrected chi connectivity index (χ2v) is 3.71. The summed E-state index contributed by atoms with van der Waals surface area (Å²) in [6.07, 6.45) is 2.73. The summed E-state index contributed by atoms with van der Waals surface area (Å²) in [4.78, 5) is 27.8. The summed E-state index contributed by atoms with van der Waals surface area (Å²) < 4.78 is 0. The largest absolute Gasteiger partial charge is 0.480 e. The molecule has 0 unspecified atom stereocenters. The molecule has 0 saturated heterocycles. The smallest absolute Gasteiger partial charge is 0.329 e. The fourth-order valence-corrected chi connectivity index (χ4v) is 1.49. The van der Waals surface area contributed by atoms with Gasteiger partial charge in [0.15, 0.2) is 0 Å². The van der Waals surface area contributed by atoms with Crippen LogP contribution in [0.25, 0.3) is 0 Å². The maximum atomic E-state index is 12.1. The van der Waals surface area contributed by atoms with Gasteiger partial charge < -0.3 is 5.11 Å². The number of carbonyl (C=O) groups is 2. The molecule has 2 rings (SSSR count). The summed E-state index contributed by atoms with van der Waals surface area (Å²) in [6.45, 7) is -0.476. The van der Waals surface area contributed by atoms with Crippen molar-refractivity contribution in [1.29, 1.82) is 0 Å². The lowest BCUT2D eigenvalue weighted by Gasteiger charge is -2.20. The minimum absolute atomic E-state index is 0.00354. The SMILES string of the molecule is O=C(O)CN(C(=O)Nc1nccnn1)c1ccccc1. The van der Waals surface area contributed by atoms with Crippen molar-refractivity contribution in [2.24, 2.45) is 0 Å². The Morgan fingerprint density at radius 2 is 1.95 bits per heavy atom. The Morgan fingerprint density at radius 1 is 1.20 bits per heavy atom. The van der Waals surface area contributed by atoms with Gasteiger partial charge in [-0.05, 0) is 12.1 Å². The van der Waals surface area contributed by atoms with E-state index in [-0.39, 0.29) is 5.95 Å². The highest BCUT2D eigenvalue weighted by atomic mass is 16.4. The minimum Gasteiger partial charge on any atom is -0.480 e. The zero-order chi connectivity index (χ0) is 14.4. The third kappa shape index (κ3) is 3.48. The normalized spacial score (nSPS) is 9.80. The molecule has 0 atom stereocenters. The van der Waals surface area contributed by atoms with E-state index in [4.69, 9.17) is 5.11 Å². The van der Waals surface area contributed by atoms with E-state index in [0.717, 1.165) is 4.90 Å². The van der Waals surface area contributed by atoms with Crippen LogP contribution in [0.5, 0.6) is 0 Å². The zero-order valence-electron chi connectivity index (χ0n) is 10.3. The number of nitrogens with one attached hydrogen (secondary N) is 1. The van der Waals surface area contributed by atoms with Crippen LogP contribution in [0.15, 0.2) is 42.7 Å². The summed E-state index contributed by atoms with van der Waals surface area (Å²) in [6, 6.07) is 7.80. The number of nitrogens with zero attached hydrogens (tertiary/aromatic N) is 4. The molecular weight excluding hydrogens is 262 g/mol. The van der Waals surface area contributed by atoms with Gasteiger partial charge in [0.1, 0.15) is 6.54 Å². The molecule has 1 aromatic heterocycles. The molecule has 0 aliphatic rings. The molecule has 2 amide bonds. The monoisotopic (exact) mass is 273 g/mol. The molecule has 0 spiro atoms. The lowest BCUT2D eigenvalue weighted by atomic mass is 10.3. The van der Waals surface area contributed by atoms with Gasteiger partial charge in [0.25, 0.3) is 5.95 Å². The number of carboxylic acids is 1. The Kier molecular flexibility index (Phi) is 4.17. The molecule has 20 heavy (non-hydrogen) atoms. The Balaban J connectivity index is 2.18. The van der Waals surface area contributed by atoms with Gasteiger partial charge in [-0.1, -0.05) is 18.2 Å². The number of aliphatic carboxylic acids is 1. The standard InChI is InChI=1S/C12H11N5O3/c18-10(19)8-17(9-4-2-1-3-5-9)12(20)15-11-13-6-7-14-16-11/h1-7H,8H2,(H,18,19)(H,13,15,16,20). The number of urea groups is 1. The van der Waals surface area contributed by atoms with E-state index in [0.29, 0.717) is 5.69 Å². The number of hydrogen-bond donors (Lipinski definition) is 2. The Morgan fingerprint density at radius 3 is 2.55 bits per heavy atom. The fourth-order valence-electron chi connectivity index (χ4n) is 1.49. The van der Waals surface area contributed by atoms with Crippen LogP contribution in [-0.4, -0.2) is 38.8 Å². The first-order valence-electron chi connectivity index (χ1n) is 5.66. The van der Waals surface area contributed by atoms with Gasteiger partial charge in [0, 0.05) is 5.69 Å². The highest BCUT2D eigenvalue weighted by Gasteiger charge is 2.19. The quantitative estimate of drug-likeness (QED) is 0.860. The summed E-state index contributed by atoms with van der Waals surface area (Å²) in [5.41, 5.74) is 0.455. The Bertz CT molecular complexity index is 591. The number of rotatable bonds is 4. The van der Waals surface area contributed by atoms with Gasteiger partial charge in [-0.25, -0.2) is 9.78 Å². The summed E-state index contributed by atoms with van der Waals surface area (Å²) in [7, 11) is 0. The van der Waals surface area contributed by atoms with E-state index in [1.807, 2.05) is 0 Å². The highest BCUT2D eigenvalue weighted by molar-refractivity contribution is 6.03. The first-order valence-corrected chi connectivity index (χ1v) is 5.66. The molecule has 0 bridgehead atoms. The maximum Gasteiger partial charge on any atom is 0.329 e. The van der Waals surface area contributed by atoms with E-state index < -0.39 is 18.5 Å². The fraction of sp³-hybridized carbons (Fsp3) is 0.0833. The van der Waals surface area contributed by atoms with Crippen molar-refractivity contribution in [2.45, 2.75) is 0 Å². The van der Waals surface area contributed by atoms with Gasteiger partial charge in [0.05, 0.1) is 12.4 Å². The minimum atomic E-state index is -1.13. The van der Waals surface area contributed by atoms with Crippen LogP contribution in [0.3, 0.4) is 0 Å². The molecule has 2 aromatic rings.